The predicted molar refractivity (Wildman–Crippen MR) is 82.0 cm³/mol. The Morgan fingerprint density at radius 1 is 1.48 bits per heavy atom. The molecule has 0 radical (unpaired) electrons. The van der Waals surface area contributed by atoms with Crippen molar-refractivity contribution in [2.24, 2.45) is 0 Å². The van der Waals surface area contributed by atoms with Gasteiger partial charge in [0, 0.05) is 18.0 Å². The van der Waals surface area contributed by atoms with Gasteiger partial charge >= 0.3 is 5.97 Å². The molecule has 2 heterocycles. The fourth-order valence-electron chi connectivity index (χ4n) is 2.51. The number of aryl methyl sites for hydroxylation is 1. The molecule has 3 rings (SSSR count). The molecule has 0 fully saturated rings. The number of carboxylic acids is 1. The molecule has 21 heavy (non-hydrogen) atoms. The lowest BCUT2D eigenvalue weighted by Gasteiger charge is -2.15. The molecular formula is C15H15N3O2S. The van der Waals surface area contributed by atoms with Crippen LogP contribution >= 0.6 is 11.3 Å². The molecule has 0 saturated carbocycles. The zero-order valence-corrected chi connectivity index (χ0v) is 12.6. The standard InChI is InChI=1S/C15H15N3O2S/c1-3-13-17-11-5-4-10(15(19)20)8-12(11)18(13)9(2)14-16-6-7-21-14/h4-9H,3H2,1-2H3,(H,19,20). The van der Waals surface area contributed by atoms with Gasteiger partial charge in [0.2, 0.25) is 0 Å². The van der Waals surface area contributed by atoms with Crippen LogP contribution in [0.4, 0.5) is 0 Å². The average molecular weight is 301 g/mol. The van der Waals surface area contributed by atoms with Crippen molar-refractivity contribution in [1.29, 1.82) is 0 Å². The Balaban J connectivity index is 2.23. The van der Waals surface area contributed by atoms with E-state index >= 15 is 0 Å². The third-order valence-electron chi connectivity index (χ3n) is 3.52. The number of benzene rings is 1. The molecule has 2 aromatic heterocycles. The van der Waals surface area contributed by atoms with Crippen molar-refractivity contribution >= 4 is 28.3 Å². The Labute approximate surface area is 125 Å². The highest BCUT2D eigenvalue weighted by atomic mass is 32.1. The highest BCUT2D eigenvalue weighted by molar-refractivity contribution is 7.09. The van der Waals surface area contributed by atoms with Crippen LogP contribution in [0.3, 0.4) is 0 Å². The van der Waals surface area contributed by atoms with Crippen LogP contribution in [0.5, 0.6) is 0 Å². The first kappa shape index (κ1) is 13.8. The molecule has 1 unspecified atom stereocenters. The largest absolute Gasteiger partial charge is 0.478 e. The van der Waals surface area contributed by atoms with E-state index in [1.807, 2.05) is 12.3 Å². The van der Waals surface area contributed by atoms with Crippen molar-refractivity contribution in [3.05, 3.63) is 46.2 Å². The van der Waals surface area contributed by atoms with Crippen molar-refractivity contribution in [3.63, 3.8) is 0 Å². The fraction of sp³-hybridized carbons (Fsp3) is 0.267. The van der Waals surface area contributed by atoms with E-state index in [0.717, 1.165) is 28.3 Å². The number of hydrogen-bond donors (Lipinski definition) is 1. The minimum Gasteiger partial charge on any atom is -0.478 e. The maximum Gasteiger partial charge on any atom is 0.335 e. The number of imidazole rings is 1. The number of rotatable bonds is 4. The number of aromatic nitrogens is 3. The minimum atomic E-state index is -0.926. The number of fused-ring (bicyclic) bond motifs is 1. The summed E-state index contributed by atoms with van der Waals surface area (Å²) in [6, 6.07) is 5.08. The lowest BCUT2D eigenvalue weighted by molar-refractivity contribution is 0.0697. The molecule has 3 aromatic rings. The predicted octanol–water partition coefficient (Wildman–Crippen LogP) is 3.36. The summed E-state index contributed by atoms with van der Waals surface area (Å²) in [6.07, 6.45) is 2.57. The van der Waals surface area contributed by atoms with E-state index in [0.29, 0.717) is 0 Å². The van der Waals surface area contributed by atoms with Crippen molar-refractivity contribution in [2.45, 2.75) is 26.3 Å². The van der Waals surface area contributed by atoms with E-state index in [9.17, 15) is 9.90 Å². The molecule has 108 valence electrons. The number of nitrogens with zero attached hydrogens (tertiary/aromatic N) is 3. The molecule has 1 N–H and O–H groups in total. The second kappa shape index (κ2) is 5.29. The first-order valence-electron chi connectivity index (χ1n) is 6.75. The van der Waals surface area contributed by atoms with Crippen molar-refractivity contribution in [2.75, 3.05) is 0 Å². The summed E-state index contributed by atoms with van der Waals surface area (Å²) in [7, 11) is 0. The van der Waals surface area contributed by atoms with Crippen LogP contribution < -0.4 is 0 Å². The smallest absolute Gasteiger partial charge is 0.335 e. The third-order valence-corrected chi connectivity index (χ3v) is 4.47. The third kappa shape index (κ3) is 2.31. The van der Waals surface area contributed by atoms with Gasteiger partial charge in [-0.05, 0) is 25.1 Å². The van der Waals surface area contributed by atoms with Gasteiger partial charge in [0.25, 0.3) is 0 Å². The van der Waals surface area contributed by atoms with Crippen molar-refractivity contribution in [3.8, 4) is 0 Å². The zero-order chi connectivity index (χ0) is 15.0. The number of carbonyl (C=O) groups is 1. The molecule has 6 heteroatoms. The Morgan fingerprint density at radius 3 is 2.90 bits per heavy atom. The van der Waals surface area contributed by atoms with Crippen LogP contribution in [0.2, 0.25) is 0 Å². The molecule has 0 aliphatic carbocycles. The lowest BCUT2D eigenvalue weighted by Crippen LogP contribution is -2.10. The highest BCUT2D eigenvalue weighted by Gasteiger charge is 2.19. The normalized spacial score (nSPS) is 12.7. The Bertz CT molecular complexity index is 793. The summed E-state index contributed by atoms with van der Waals surface area (Å²) in [5, 5.41) is 12.1. The average Bonchev–Trinajstić information content (AvgIpc) is 3.12. The van der Waals surface area contributed by atoms with Crippen LogP contribution in [0, 0.1) is 0 Å². The van der Waals surface area contributed by atoms with Gasteiger partial charge in [-0.25, -0.2) is 14.8 Å². The van der Waals surface area contributed by atoms with Crippen LogP contribution in [0.1, 0.15) is 41.1 Å². The molecule has 0 aliphatic rings. The summed E-state index contributed by atoms with van der Waals surface area (Å²) in [4.78, 5) is 20.2. The molecule has 0 saturated heterocycles. The number of carboxylic acid groups (broad SMARTS) is 1. The maximum atomic E-state index is 11.2. The number of aromatic carboxylic acids is 1. The first-order chi connectivity index (χ1) is 10.1. The zero-order valence-electron chi connectivity index (χ0n) is 11.8. The molecule has 0 spiro atoms. The molecule has 0 aliphatic heterocycles. The summed E-state index contributed by atoms with van der Waals surface area (Å²) in [6.45, 7) is 4.11. The van der Waals surface area contributed by atoms with Crippen LogP contribution in [-0.2, 0) is 6.42 Å². The van der Waals surface area contributed by atoms with E-state index in [1.54, 1.807) is 35.7 Å². The van der Waals surface area contributed by atoms with Crippen LogP contribution in [-0.4, -0.2) is 25.6 Å². The van der Waals surface area contributed by atoms with Crippen molar-refractivity contribution in [1.82, 2.24) is 14.5 Å². The van der Waals surface area contributed by atoms with E-state index < -0.39 is 5.97 Å². The Kier molecular flexibility index (Phi) is 3.47. The minimum absolute atomic E-state index is 0.0361. The molecule has 0 amide bonds. The second-order valence-electron chi connectivity index (χ2n) is 4.81. The van der Waals surface area contributed by atoms with Gasteiger partial charge in [0.05, 0.1) is 22.6 Å². The summed E-state index contributed by atoms with van der Waals surface area (Å²) < 4.78 is 2.08. The Hall–Kier alpha value is -2.21. The highest BCUT2D eigenvalue weighted by Crippen LogP contribution is 2.28. The molecule has 1 aromatic carbocycles. The van der Waals surface area contributed by atoms with E-state index in [1.165, 1.54) is 0 Å². The lowest BCUT2D eigenvalue weighted by atomic mass is 10.2. The Morgan fingerprint density at radius 2 is 2.29 bits per heavy atom. The van der Waals surface area contributed by atoms with Crippen LogP contribution in [0.15, 0.2) is 29.8 Å². The monoisotopic (exact) mass is 301 g/mol. The van der Waals surface area contributed by atoms with Gasteiger partial charge in [-0.1, -0.05) is 6.92 Å². The molecule has 5 nitrogen and oxygen atoms in total. The fourth-order valence-corrected chi connectivity index (χ4v) is 3.19. The molecule has 1 atom stereocenters. The second-order valence-corrected chi connectivity index (χ2v) is 5.73. The van der Waals surface area contributed by atoms with Gasteiger partial charge in [0.15, 0.2) is 0 Å². The SMILES string of the molecule is CCc1nc2ccc(C(=O)O)cc2n1C(C)c1nccs1. The van der Waals surface area contributed by atoms with Crippen LogP contribution in [0.25, 0.3) is 11.0 Å². The number of hydrogen-bond acceptors (Lipinski definition) is 4. The van der Waals surface area contributed by atoms with E-state index in [-0.39, 0.29) is 11.6 Å². The topological polar surface area (TPSA) is 68.0 Å². The van der Waals surface area contributed by atoms with E-state index in [4.69, 9.17) is 0 Å². The maximum absolute atomic E-state index is 11.2. The van der Waals surface area contributed by atoms with Gasteiger partial charge in [-0.2, -0.15) is 0 Å². The molecule has 0 bridgehead atoms. The van der Waals surface area contributed by atoms with Gasteiger partial charge in [-0.15, -0.1) is 11.3 Å². The van der Waals surface area contributed by atoms with Crippen molar-refractivity contribution < 1.29 is 9.90 Å². The van der Waals surface area contributed by atoms with Gasteiger partial charge in [-0.3, -0.25) is 0 Å². The van der Waals surface area contributed by atoms with Gasteiger partial charge < -0.3 is 9.67 Å². The summed E-state index contributed by atoms with van der Waals surface area (Å²) in [5.74, 6) is 0.0137. The first-order valence-corrected chi connectivity index (χ1v) is 7.63. The van der Waals surface area contributed by atoms with Gasteiger partial charge in [0.1, 0.15) is 10.8 Å². The number of thiazole rings is 1. The summed E-state index contributed by atoms with van der Waals surface area (Å²) >= 11 is 1.59. The summed E-state index contributed by atoms with van der Waals surface area (Å²) in [5.41, 5.74) is 1.94. The quantitative estimate of drug-likeness (QED) is 0.802. The van der Waals surface area contributed by atoms with E-state index in [2.05, 4.69) is 21.5 Å². The molecular weight excluding hydrogens is 286 g/mol.